The van der Waals surface area contributed by atoms with Crippen molar-refractivity contribution in [1.82, 2.24) is 0 Å². The Balaban J connectivity index is 0. The van der Waals surface area contributed by atoms with Gasteiger partial charge in [0.2, 0.25) is 0 Å². The number of aliphatic hydroxyl groups excluding tert-OH is 5. The van der Waals surface area contributed by atoms with Crippen molar-refractivity contribution in [1.29, 1.82) is 0 Å². The molecule has 1 unspecified atom stereocenters. The molecule has 15 heteroatoms. The Labute approximate surface area is 150 Å². The summed E-state index contributed by atoms with van der Waals surface area (Å²) in [6, 6.07) is 0. The summed E-state index contributed by atoms with van der Waals surface area (Å²) in [5, 5.41) is 80.7. The Kier molecular flexibility index (Phi) is 12.8. The second kappa shape index (κ2) is 12.8. The van der Waals surface area contributed by atoms with E-state index >= 15 is 0 Å². The van der Waals surface area contributed by atoms with Crippen LogP contribution in [-0.4, -0.2) is 107 Å². The molecule has 15 nitrogen and oxygen atoms in total. The van der Waals surface area contributed by atoms with Crippen molar-refractivity contribution in [2.75, 3.05) is 13.2 Å². The van der Waals surface area contributed by atoms with E-state index in [0.29, 0.717) is 0 Å². The van der Waals surface area contributed by atoms with Gasteiger partial charge < -0.3 is 50.8 Å². The number of esters is 1. The van der Waals surface area contributed by atoms with E-state index in [2.05, 4.69) is 4.74 Å². The number of carbonyl (C=O) groups excluding carboxylic acids is 1. The van der Waals surface area contributed by atoms with Crippen molar-refractivity contribution >= 4 is 17.9 Å². The number of carbonyl (C=O) groups is 3. The molecule has 0 amide bonds. The van der Waals surface area contributed by atoms with Gasteiger partial charge in [-0.3, -0.25) is 9.59 Å². The van der Waals surface area contributed by atoms with Gasteiger partial charge in [0.25, 0.3) is 0 Å². The van der Waals surface area contributed by atoms with Gasteiger partial charge in [0.15, 0.2) is 10.9 Å². The van der Waals surface area contributed by atoms with Gasteiger partial charge >= 0.3 is 17.9 Å². The van der Waals surface area contributed by atoms with Gasteiger partial charge in [-0.05, 0) is 0 Å². The molecule has 9 N–H and O–H groups in total. The third-order valence-electron chi connectivity index (χ3n) is 3.02. The lowest BCUT2D eigenvalue weighted by Crippen LogP contribution is -2.48. The van der Waals surface area contributed by atoms with E-state index in [-0.39, 0.29) is 0 Å². The zero-order valence-electron chi connectivity index (χ0n) is 13.7. The molecule has 0 aliphatic rings. The van der Waals surface area contributed by atoms with Crippen molar-refractivity contribution in [3.63, 3.8) is 0 Å². The topological polar surface area (TPSA) is 272 Å². The molecule has 0 rings (SSSR count). The number of carboxylic acids is 2. The maximum Gasteiger partial charge on any atom is 0.336 e. The van der Waals surface area contributed by atoms with E-state index < -0.39 is 74.0 Å². The molecule has 0 saturated carbocycles. The minimum absolute atomic E-state index is 0.911. The van der Waals surface area contributed by atoms with Crippen molar-refractivity contribution in [3.8, 4) is 0 Å². The summed E-state index contributed by atoms with van der Waals surface area (Å²) in [6.07, 6.45) is -10.1. The highest BCUT2D eigenvalue weighted by molar-refractivity contribution is 5.88. The number of aliphatic carboxylic acids is 2. The quantitative estimate of drug-likeness (QED) is 0.0898. The maximum atomic E-state index is 11.4. The summed E-state index contributed by atoms with van der Waals surface area (Å²) in [7, 11) is 0. The number of hydrogen-bond donors (Lipinski definition) is 9. The highest BCUT2D eigenvalue weighted by Crippen LogP contribution is 2.17. The molecule has 0 aliphatic heterocycles. The first-order valence-electron chi connectivity index (χ1n) is 6.99. The van der Waals surface area contributed by atoms with Crippen LogP contribution < -0.4 is 0 Å². The van der Waals surface area contributed by atoms with Crippen LogP contribution in [0.1, 0.15) is 12.8 Å². The molecule has 0 spiro atoms. The van der Waals surface area contributed by atoms with E-state index in [1.807, 2.05) is 0 Å². The second-order valence-electron chi connectivity index (χ2n) is 5.15. The van der Waals surface area contributed by atoms with E-state index in [4.69, 9.17) is 30.5 Å². The Bertz CT molecular complexity index is 498. The van der Waals surface area contributed by atoms with Gasteiger partial charge in [-0.15, -0.1) is 4.91 Å². The lowest BCUT2D eigenvalue weighted by molar-refractivity contribution is -0.174. The predicted molar refractivity (Wildman–Crippen MR) is 79.1 cm³/mol. The first kappa shape index (κ1) is 26.8. The fourth-order valence-corrected chi connectivity index (χ4v) is 1.59. The van der Waals surface area contributed by atoms with Crippen LogP contribution in [0.2, 0.25) is 0 Å². The minimum Gasteiger partial charge on any atom is -0.481 e. The van der Waals surface area contributed by atoms with Crippen LogP contribution in [0.5, 0.6) is 0 Å². The van der Waals surface area contributed by atoms with Crippen LogP contribution in [0.3, 0.4) is 0 Å². The Hall–Kier alpha value is -2.43. The third-order valence-corrected chi connectivity index (χ3v) is 3.02. The molecule has 0 aromatic rings. The zero-order valence-corrected chi connectivity index (χ0v) is 13.7. The summed E-state index contributed by atoms with van der Waals surface area (Å²) < 4.78 is 4.40. The highest BCUT2D eigenvalue weighted by atomic mass is 16.6. The first-order chi connectivity index (χ1) is 12.4. The van der Waals surface area contributed by atoms with Gasteiger partial charge in [0.1, 0.15) is 31.0 Å². The van der Waals surface area contributed by atoms with Gasteiger partial charge in [0.05, 0.1) is 19.4 Å². The zero-order chi connectivity index (χ0) is 21.8. The standard InChI is InChI=1S/C12H20O12.HNO2/c13-3-5(14)9(19)10(20)6(15)4-24-8(18)2-12(23,11(21)22)1-7(16)17;2-1-3/h5-6,9-10,13-15,19-20,23H,1-4H2,(H,16,17)(H,21,22);(H,2,3)/t5-,6-,9-,10-,12?;/m1./s1. The van der Waals surface area contributed by atoms with Crippen molar-refractivity contribution in [3.05, 3.63) is 4.91 Å². The van der Waals surface area contributed by atoms with Gasteiger partial charge in [-0.1, -0.05) is 0 Å². The molecule has 158 valence electrons. The van der Waals surface area contributed by atoms with Gasteiger partial charge in [-0.25, -0.2) is 4.79 Å². The van der Waals surface area contributed by atoms with Crippen molar-refractivity contribution in [2.45, 2.75) is 42.9 Å². The van der Waals surface area contributed by atoms with Crippen molar-refractivity contribution in [2.24, 2.45) is 5.34 Å². The highest BCUT2D eigenvalue weighted by Gasteiger charge is 2.41. The van der Waals surface area contributed by atoms with Crippen LogP contribution in [0.25, 0.3) is 0 Å². The smallest absolute Gasteiger partial charge is 0.336 e. The average Bonchev–Trinajstić information content (AvgIpc) is 2.57. The van der Waals surface area contributed by atoms with Crippen LogP contribution >= 0.6 is 0 Å². The van der Waals surface area contributed by atoms with E-state index in [1.54, 1.807) is 0 Å². The third kappa shape index (κ3) is 10.3. The molecule has 0 fully saturated rings. The molecule has 5 atom stereocenters. The molecule has 0 aliphatic carbocycles. The number of ether oxygens (including phenoxy) is 1. The van der Waals surface area contributed by atoms with Crippen LogP contribution in [0, 0.1) is 4.91 Å². The Morgan fingerprint density at radius 1 is 0.963 bits per heavy atom. The molecule has 0 heterocycles. The number of aliphatic hydroxyl groups is 6. The molecular formula is C12H21NO14. The number of hydrogen-bond acceptors (Lipinski definition) is 12. The fourth-order valence-electron chi connectivity index (χ4n) is 1.59. The summed E-state index contributed by atoms with van der Waals surface area (Å²) in [5.74, 6) is -5.03. The van der Waals surface area contributed by atoms with Gasteiger partial charge in [-0.2, -0.15) is 0 Å². The molecular weight excluding hydrogens is 382 g/mol. The van der Waals surface area contributed by atoms with E-state index in [0.717, 1.165) is 0 Å². The number of carboxylic acid groups (broad SMARTS) is 2. The SMILES string of the molecule is O=C(O)CC(O)(CC(=O)OC[C@@H](O)[C@@H](O)[C@H](O)[C@H](O)CO)C(=O)O.O=NO. The first-order valence-corrected chi connectivity index (χ1v) is 6.99. The summed E-state index contributed by atoms with van der Waals surface area (Å²) in [6.45, 7) is -1.86. The lowest BCUT2D eigenvalue weighted by Gasteiger charge is -2.26. The van der Waals surface area contributed by atoms with Crippen molar-refractivity contribution < 1.29 is 65.2 Å². The monoisotopic (exact) mass is 403 g/mol. The average molecular weight is 403 g/mol. The second-order valence-corrected chi connectivity index (χ2v) is 5.15. The van der Waals surface area contributed by atoms with Crippen LogP contribution in [-0.2, 0) is 19.1 Å². The summed E-state index contributed by atoms with van der Waals surface area (Å²) in [4.78, 5) is 40.9. The molecule has 0 bridgehead atoms. The molecule has 0 radical (unpaired) electrons. The van der Waals surface area contributed by atoms with Crippen LogP contribution in [0.15, 0.2) is 5.34 Å². The number of nitrogens with zero attached hydrogens (tertiary/aromatic N) is 1. The molecule has 27 heavy (non-hydrogen) atoms. The molecule has 0 saturated heterocycles. The van der Waals surface area contributed by atoms with Gasteiger partial charge in [0, 0.05) is 0 Å². The fraction of sp³-hybridized carbons (Fsp3) is 0.750. The van der Waals surface area contributed by atoms with Crippen LogP contribution in [0.4, 0.5) is 0 Å². The summed E-state index contributed by atoms with van der Waals surface area (Å²) in [5.41, 5.74) is -2.92. The lowest BCUT2D eigenvalue weighted by atomic mass is 9.96. The summed E-state index contributed by atoms with van der Waals surface area (Å²) >= 11 is 0. The Morgan fingerprint density at radius 3 is 1.78 bits per heavy atom. The molecule has 0 aromatic carbocycles. The Morgan fingerprint density at radius 2 is 1.41 bits per heavy atom. The maximum absolute atomic E-state index is 11.4. The minimum atomic E-state index is -2.92. The van der Waals surface area contributed by atoms with E-state index in [1.165, 1.54) is 5.34 Å². The largest absolute Gasteiger partial charge is 0.481 e. The van der Waals surface area contributed by atoms with E-state index in [9.17, 15) is 34.8 Å². The normalized spacial score (nSPS) is 17.1. The predicted octanol–water partition coefficient (Wildman–Crippen LogP) is -4.21. The molecule has 0 aromatic heterocycles. The number of rotatable bonds is 11.